The summed E-state index contributed by atoms with van der Waals surface area (Å²) in [6.45, 7) is 0. The highest BCUT2D eigenvalue weighted by Crippen LogP contribution is 2.41. The lowest BCUT2D eigenvalue weighted by atomic mass is 10.2. The van der Waals surface area contributed by atoms with Crippen LogP contribution < -0.4 is 5.32 Å². The van der Waals surface area contributed by atoms with Crippen LogP contribution in [0.1, 0.15) is 40.5 Å². The van der Waals surface area contributed by atoms with Gasteiger partial charge in [0.05, 0.1) is 11.1 Å². The lowest BCUT2D eigenvalue weighted by Gasteiger charge is -2.11. The number of aromatic nitrogens is 3. The van der Waals surface area contributed by atoms with E-state index in [-0.39, 0.29) is 34.2 Å². The van der Waals surface area contributed by atoms with E-state index < -0.39 is 22.7 Å². The standard InChI is InChI=1S/C17H12F3N5O3/c18-17(19,20)14-7-12(9-5-6-9)22-15-10(8-21-24(14)15)16(26)23-11-3-1-2-4-13(11)25(27)28/h1-4,7-9H,5-6H2,(H,23,26). The summed E-state index contributed by atoms with van der Waals surface area (Å²) in [6.07, 6.45) is -2.25. The number of para-hydroxylation sites is 2. The molecular formula is C17H12F3N5O3. The molecule has 2 aromatic heterocycles. The molecule has 1 aliphatic rings. The fourth-order valence-corrected chi connectivity index (χ4v) is 2.86. The van der Waals surface area contributed by atoms with Gasteiger partial charge in [0.1, 0.15) is 16.9 Å². The van der Waals surface area contributed by atoms with Crippen molar-refractivity contribution < 1.29 is 22.9 Å². The van der Waals surface area contributed by atoms with Gasteiger partial charge in [-0.05, 0) is 25.0 Å². The van der Waals surface area contributed by atoms with Crippen LogP contribution >= 0.6 is 0 Å². The summed E-state index contributed by atoms with van der Waals surface area (Å²) in [5.41, 5.74) is -1.63. The van der Waals surface area contributed by atoms with E-state index in [4.69, 9.17) is 0 Å². The molecule has 1 aliphatic carbocycles. The number of rotatable bonds is 4. The Kier molecular flexibility index (Phi) is 4.02. The average molecular weight is 391 g/mol. The highest BCUT2D eigenvalue weighted by Gasteiger charge is 2.38. The summed E-state index contributed by atoms with van der Waals surface area (Å²) in [4.78, 5) is 27.2. The Hall–Kier alpha value is -3.50. The third kappa shape index (κ3) is 3.15. The maximum atomic E-state index is 13.4. The maximum absolute atomic E-state index is 13.4. The van der Waals surface area contributed by atoms with E-state index in [9.17, 15) is 28.1 Å². The predicted octanol–water partition coefficient (Wildman–Crippen LogP) is 3.79. The number of carbonyl (C=O) groups excluding carboxylic acids is 1. The van der Waals surface area contributed by atoms with Gasteiger partial charge in [0.25, 0.3) is 11.6 Å². The zero-order valence-electron chi connectivity index (χ0n) is 14.1. The largest absolute Gasteiger partial charge is 0.433 e. The molecule has 0 unspecified atom stereocenters. The Morgan fingerprint density at radius 3 is 2.64 bits per heavy atom. The van der Waals surface area contributed by atoms with Crippen molar-refractivity contribution in [3.63, 3.8) is 0 Å². The molecule has 1 N–H and O–H groups in total. The molecule has 11 heteroatoms. The van der Waals surface area contributed by atoms with Gasteiger partial charge < -0.3 is 5.32 Å². The number of nitrogens with zero attached hydrogens (tertiary/aromatic N) is 4. The van der Waals surface area contributed by atoms with Crippen LogP contribution in [0.2, 0.25) is 0 Å². The second kappa shape index (κ2) is 6.29. The number of nitro groups is 1. The number of nitro benzene ring substituents is 1. The molecule has 8 nitrogen and oxygen atoms in total. The van der Waals surface area contributed by atoms with E-state index in [1.54, 1.807) is 0 Å². The molecule has 1 amide bonds. The lowest BCUT2D eigenvalue weighted by molar-refractivity contribution is -0.383. The number of hydrogen-bond acceptors (Lipinski definition) is 5. The van der Waals surface area contributed by atoms with Crippen molar-refractivity contribution in [3.8, 4) is 0 Å². The third-order valence-corrected chi connectivity index (χ3v) is 4.37. The highest BCUT2D eigenvalue weighted by molar-refractivity contribution is 6.09. The van der Waals surface area contributed by atoms with E-state index in [1.807, 2.05) is 0 Å². The van der Waals surface area contributed by atoms with Gasteiger partial charge in [-0.2, -0.15) is 18.3 Å². The molecule has 0 atom stereocenters. The Morgan fingerprint density at radius 2 is 2.00 bits per heavy atom. The molecule has 0 aliphatic heterocycles. The topological polar surface area (TPSA) is 102 Å². The highest BCUT2D eigenvalue weighted by atomic mass is 19.4. The van der Waals surface area contributed by atoms with E-state index in [2.05, 4.69) is 15.4 Å². The zero-order chi connectivity index (χ0) is 20.1. The first kappa shape index (κ1) is 17.9. The number of alkyl halides is 3. The molecule has 144 valence electrons. The number of benzene rings is 1. The SMILES string of the molecule is O=C(Nc1ccccc1[N+](=O)[O-])c1cnn2c(C(F)(F)F)cc(C3CC3)nc12. The van der Waals surface area contributed by atoms with E-state index in [0.29, 0.717) is 4.52 Å². The molecular weight excluding hydrogens is 379 g/mol. The van der Waals surface area contributed by atoms with Crippen molar-refractivity contribution in [1.82, 2.24) is 14.6 Å². The van der Waals surface area contributed by atoms with Gasteiger partial charge in [-0.25, -0.2) is 9.50 Å². The van der Waals surface area contributed by atoms with E-state index >= 15 is 0 Å². The maximum Gasteiger partial charge on any atom is 0.433 e. The van der Waals surface area contributed by atoms with Gasteiger partial charge in [-0.1, -0.05) is 12.1 Å². The Labute approximate surface area is 155 Å². The van der Waals surface area contributed by atoms with Crippen molar-refractivity contribution in [2.45, 2.75) is 24.9 Å². The summed E-state index contributed by atoms with van der Waals surface area (Å²) >= 11 is 0. The zero-order valence-corrected chi connectivity index (χ0v) is 14.1. The molecule has 0 bridgehead atoms. The van der Waals surface area contributed by atoms with Gasteiger partial charge >= 0.3 is 6.18 Å². The molecule has 0 radical (unpaired) electrons. The van der Waals surface area contributed by atoms with Crippen LogP contribution in [0.5, 0.6) is 0 Å². The van der Waals surface area contributed by atoms with Gasteiger partial charge in [0.15, 0.2) is 5.65 Å². The van der Waals surface area contributed by atoms with Crippen LogP contribution in [-0.2, 0) is 6.18 Å². The summed E-state index contributed by atoms with van der Waals surface area (Å²) in [6, 6.07) is 6.40. The Bertz CT molecular complexity index is 1110. The normalized spacial score (nSPS) is 14.2. The minimum atomic E-state index is -4.68. The quantitative estimate of drug-likeness (QED) is 0.539. The fourth-order valence-electron chi connectivity index (χ4n) is 2.86. The van der Waals surface area contributed by atoms with Gasteiger partial charge in [-0.15, -0.1) is 0 Å². The van der Waals surface area contributed by atoms with Gasteiger partial charge in [-0.3, -0.25) is 14.9 Å². The smallest absolute Gasteiger partial charge is 0.316 e. The number of halogens is 3. The van der Waals surface area contributed by atoms with Crippen LogP contribution in [0.15, 0.2) is 36.5 Å². The summed E-state index contributed by atoms with van der Waals surface area (Å²) in [5.74, 6) is -0.912. The second-order valence-electron chi connectivity index (χ2n) is 6.36. The summed E-state index contributed by atoms with van der Waals surface area (Å²) < 4.78 is 40.8. The van der Waals surface area contributed by atoms with Crippen LogP contribution in [0, 0.1) is 10.1 Å². The van der Waals surface area contributed by atoms with Crippen LogP contribution in [-0.4, -0.2) is 25.4 Å². The summed E-state index contributed by atoms with van der Waals surface area (Å²) in [7, 11) is 0. The van der Waals surface area contributed by atoms with Gasteiger partial charge in [0.2, 0.25) is 0 Å². The monoisotopic (exact) mass is 391 g/mol. The van der Waals surface area contributed by atoms with Crippen molar-refractivity contribution in [2.75, 3.05) is 5.32 Å². The molecule has 0 saturated heterocycles. The molecule has 1 fully saturated rings. The minimum Gasteiger partial charge on any atom is -0.316 e. The first-order valence-corrected chi connectivity index (χ1v) is 8.26. The Balaban J connectivity index is 1.78. The number of hydrogen-bond donors (Lipinski definition) is 1. The second-order valence-corrected chi connectivity index (χ2v) is 6.36. The number of anilines is 1. The number of amides is 1. The third-order valence-electron chi connectivity index (χ3n) is 4.37. The van der Waals surface area contributed by atoms with Crippen LogP contribution in [0.4, 0.5) is 24.5 Å². The van der Waals surface area contributed by atoms with Crippen molar-refractivity contribution >= 4 is 22.9 Å². The minimum absolute atomic E-state index is 0.0767. The van der Waals surface area contributed by atoms with Crippen LogP contribution in [0.3, 0.4) is 0 Å². The van der Waals surface area contributed by atoms with Crippen molar-refractivity contribution in [3.05, 3.63) is 63.6 Å². The summed E-state index contributed by atoms with van der Waals surface area (Å²) in [5, 5.41) is 17.1. The fraction of sp³-hybridized carbons (Fsp3) is 0.235. The number of carbonyl (C=O) groups is 1. The lowest BCUT2D eigenvalue weighted by Crippen LogP contribution is -2.16. The van der Waals surface area contributed by atoms with E-state index in [0.717, 1.165) is 25.1 Å². The van der Waals surface area contributed by atoms with Crippen LogP contribution in [0.25, 0.3) is 5.65 Å². The molecule has 1 aromatic carbocycles. The molecule has 0 spiro atoms. The predicted molar refractivity (Wildman–Crippen MR) is 91.0 cm³/mol. The molecule has 4 rings (SSSR count). The molecule has 2 heterocycles. The number of nitrogens with one attached hydrogen (secondary N) is 1. The molecule has 3 aromatic rings. The molecule has 1 saturated carbocycles. The first-order valence-electron chi connectivity index (χ1n) is 8.26. The average Bonchev–Trinajstić information content (AvgIpc) is 3.39. The Morgan fingerprint density at radius 1 is 1.29 bits per heavy atom. The molecule has 28 heavy (non-hydrogen) atoms. The first-order chi connectivity index (χ1) is 13.3. The van der Waals surface area contributed by atoms with Crippen molar-refractivity contribution in [1.29, 1.82) is 0 Å². The number of fused-ring (bicyclic) bond motifs is 1. The van der Waals surface area contributed by atoms with Gasteiger partial charge in [0, 0.05) is 17.7 Å². The van der Waals surface area contributed by atoms with Crippen molar-refractivity contribution in [2.24, 2.45) is 0 Å². The van der Waals surface area contributed by atoms with E-state index in [1.165, 1.54) is 24.3 Å².